The van der Waals surface area contributed by atoms with E-state index in [1.54, 1.807) is 13.3 Å². The molecule has 0 radical (unpaired) electrons. The van der Waals surface area contributed by atoms with Crippen LogP contribution in [0, 0.1) is 0 Å². The molecule has 1 atom stereocenters. The lowest BCUT2D eigenvalue weighted by Crippen LogP contribution is -2.41. The number of benzene rings is 1. The summed E-state index contributed by atoms with van der Waals surface area (Å²) in [6, 6.07) is 12.6. The molecule has 0 bridgehead atoms. The van der Waals surface area contributed by atoms with E-state index in [4.69, 9.17) is 4.42 Å². The first-order valence-electron chi connectivity index (χ1n) is 8.36. The molecule has 0 aliphatic heterocycles. The molecule has 5 heteroatoms. The fraction of sp³-hybridized carbons (Fsp3) is 0.421. The van der Waals surface area contributed by atoms with Crippen molar-refractivity contribution in [1.82, 2.24) is 15.5 Å². The van der Waals surface area contributed by atoms with Gasteiger partial charge < -0.3 is 15.1 Å². The Kier molecular flexibility index (Phi) is 6.88. The van der Waals surface area contributed by atoms with Gasteiger partial charge in [-0.15, -0.1) is 0 Å². The molecule has 0 aliphatic rings. The second-order valence-electron chi connectivity index (χ2n) is 5.92. The minimum absolute atomic E-state index is 0.154. The number of furan rings is 1. The summed E-state index contributed by atoms with van der Waals surface area (Å²) in [5, 5.41) is 6.77. The Morgan fingerprint density at radius 1 is 1.12 bits per heavy atom. The zero-order valence-corrected chi connectivity index (χ0v) is 15.0. The maximum Gasteiger partial charge on any atom is 0.191 e. The quantitative estimate of drug-likeness (QED) is 0.606. The van der Waals surface area contributed by atoms with Gasteiger partial charge in [0.05, 0.1) is 12.3 Å². The molecule has 5 nitrogen and oxygen atoms in total. The van der Waals surface area contributed by atoms with Crippen molar-refractivity contribution in [2.45, 2.75) is 25.9 Å². The van der Waals surface area contributed by atoms with Crippen LogP contribution in [0.15, 0.2) is 52.1 Å². The van der Waals surface area contributed by atoms with E-state index in [-0.39, 0.29) is 6.04 Å². The minimum Gasteiger partial charge on any atom is -0.468 e. The van der Waals surface area contributed by atoms with Crippen molar-refractivity contribution in [2.75, 3.05) is 27.7 Å². The number of likely N-dealkylation sites (N-methyl/N-ethyl adjacent to an activating group) is 1. The molecule has 0 fully saturated rings. The molecule has 0 amide bonds. The van der Waals surface area contributed by atoms with Crippen molar-refractivity contribution < 1.29 is 4.42 Å². The van der Waals surface area contributed by atoms with Gasteiger partial charge in [0.1, 0.15) is 5.76 Å². The largest absolute Gasteiger partial charge is 0.468 e. The number of nitrogens with zero attached hydrogens (tertiary/aromatic N) is 2. The normalized spacial score (nSPS) is 13.1. The molecule has 2 rings (SSSR count). The van der Waals surface area contributed by atoms with Crippen molar-refractivity contribution in [3.63, 3.8) is 0 Å². The van der Waals surface area contributed by atoms with Gasteiger partial charge in [0.2, 0.25) is 0 Å². The van der Waals surface area contributed by atoms with Crippen LogP contribution in [0.5, 0.6) is 0 Å². The number of aliphatic imine (C=N–C) groups is 1. The Balaban J connectivity index is 1.92. The lowest BCUT2D eigenvalue weighted by molar-refractivity contribution is 0.258. The van der Waals surface area contributed by atoms with Gasteiger partial charge >= 0.3 is 0 Å². The van der Waals surface area contributed by atoms with Gasteiger partial charge in [0.15, 0.2) is 5.96 Å². The molecule has 130 valence electrons. The van der Waals surface area contributed by atoms with Crippen LogP contribution < -0.4 is 10.6 Å². The monoisotopic (exact) mass is 328 g/mol. The molecule has 1 aromatic heterocycles. The van der Waals surface area contributed by atoms with Crippen molar-refractivity contribution in [1.29, 1.82) is 0 Å². The van der Waals surface area contributed by atoms with Crippen LogP contribution in [0.4, 0.5) is 0 Å². The van der Waals surface area contributed by atoms with E-state index in [1.165, 1.54) is 11.1 Å². The highest BCUT2D eigenvalue weighted by molar-refractivity contribution is 5.79. The zero-order valence-electron chi connectivity index (χ0n) is 15.0. The number of nitrogens with one attached hydrogen (secondary N) is 2. The van der Waals surface area contributed by atoms with Gasteiger partial charge in [-0.25, -0.2) is 0 Å². The van der Waals surface area contributed by atoms with E-state index < -0.39 is 0 Å². The minimum atomic E-state index is 0.154. The Bertz CT molecular complexity index is 635. The molecule has 0 aliphatic carbocycles. The predicted octanol–water partition coefficient (Wildman–Crippen LogP) is 2.81. The summed E-state index contributed by atoms with van der Waals surface area (Å²) < 4.78 is 5.54. The molecule has 1 heterocycles. The van der Waals surface area contributed by atoms with Gasteiger partial charge in [-0.1, -0.05) is 31.2 Å². The molecule has 24 heavy (non-hydrogen) atoms. The fourth-order valence-corrected chi connectivity index (χ4v) is 2.69. The molecule has 2 aromatic rings. The number of hydrogen-bond donors (Lipinski definition) is 2. The molecule has 1 unspecified atom stereocenters. The third kappa shape index (κ3) is 4.86. The Hall–Kier alpha value is -2.27. The van der Waals surface area contributed by atoms with Gasteiger partial charge in [0, 0.05) is 20.1 Å². The standard InChI is InChI=1S/C19H28N4O/c1-5-15-9-6-7-10-16(15)13-21-19(20-2)22-14-17(23(3)4)18-11-8-12-24-18/h6-12,17H,5,13-14H2,1-4H3,(H2,20,21,22). The average molecular weight is 328 g/mol. The topological polar surface area (TPSA) is 52.8 Å². The van der Waals surface area contributed by atoms with Crippen LogP contribution >= 0.6 is 0 Å². The third-order valence-electron chi connectivity index (χ3n) is 4.13. The predicted molar refractivity (Wildman–Crippen MR) is 99.2 cm³/mol. The van der Waals surface area contributed by atoms with E-state index in [2.05, 4.69) is 51.7 Å². The molecular formula is C19H28N4O. The summed E-state index contributed by atoms with van der Waals surface area (Å²) in [4.78, 5) is 6.45. The lowest BCUT2D eigenvalue weighted by Gasteiger charge is -2.23. The van der Waals surface area contributed by atoms with E-state index >= 15 is 0 Å². The SMILES string of the molecule is CCc1ccccc1CNC(=NC)NCC(c1ccco1)N(C)C. The molecule has 2 N–H and O–H groups in total. The number of hydrogen-bond acceptors (Lipinski definition) is 3. The average Bonchev–Trinajstić information content (AvgIpc) is 3.12. The van der Waals surface area contributed by atoms with Gasteiger partial charge in [-0.3, -0.25) is 9.89 Å². The van der Waals surface area contributed by atoms with E-state index in [0.29, 0.717) is 0 Å². The molecule has 0 saturated carbocycles. The zero-order chi connectivity index (χ0) is 17.4. The first kappa shape index (κ1) is 18.1. The highest BCUT2D eigenvalue weighted by Gasteiger charge is 2.17. The fourth-order valence-electron chi connectivity index (χ4n) is 2.69. The molecule has 0 spiro atoms. The van der Waals surface area contributed by atoms with Crippen LogP contribution in [0.25, 0.3) is 0 Å². The lowest BCUT2D eigenvalue weighted by atomic mass is 10.1. The summed E-state index contributed by atoms with van der Waals surface area (Å²) >= 11 is 0. The van der Waals surface area contributed by atoms with Crippen molar-refractivity contribution >= 4 is 5.96 Å². The maximum absolute atomic E-state index is 5.54. The van der Waals surface area contributed by atoms with Crippen LogP contribution in [0.3, 0.4) is 0 Å². The highest BCUT2D eigenvalue weighted by atomic mass is 16.3. The number of rotatable bonds is 7. The van der Waals surface area contributed by atoms with Crippen molar-refractivity contribution in [3.8, 4) is 0 Å². The van der Waals surface area contributed by atoms with E-state index in [1.807, 2.05) is 26.2 Å². The van der Waals surface area contributed by atoms with Crippen molar-refractivity contribution in [2.24, 2.45) is 4.99 Å². The molecular weight excluding hydrogens is 300 g/mol. The summed E-state index contributed by atoms with van der Waals surface area (Å²) in [6.45, 7) is 3.66. The van der Waals surface area contributed by atoms with Crippen LogP contribution in [0.1, 0.15) is 29.9 Å². The summed E-state index contributed by atoms with van der Waals surface area (Å²) in [5.74, 6) is 1.73. The van der Waals surface area contributed by atoms with E-state index in [0.717, 1.165) is 31.2 Å². The van der Waals surface area contributed by atoms with Gasteiger partial charge in [-0.05, 0) is 43.8 Å². The van der Waals surface area contributed by atoms with Crippen molar-refractivity contribution in [3.05, 3.63) is 59.5 Å². The van der Waals surface area contributed by atoms with Crippen LogP contribution in [-0.4, -0.2) is 38.5 Å². The Labute approximate surface area is 144 Å². The summed E-state index contributed by atoms with van der Waals surface area (Å²) in [6.07, 6.45) is 2.74. The van der Waals surface area contributed by atoms with Gasteiger partial charge in [0.25, 0.3) is 0 Å². The Morgan fingerprint density at radius 2 is 1.88 bits per heavy atom. The highest BCUT2D eigenvalue weighted by Crippen LogP contribution is 2.17. The Morgan fingerprint density at radius 3 is 2.46 bits per heavy atom. The first-order valence-corrected chi connectivity index (χ1v) is 8.36. The summed E-state index contributed by atoms with van der Waals surface area (Å²) in [7, 11) is 5.88. The second-order valence-corrected chi connectivity index (χ2v) is 5.92. The summed E-state index contributed by atoms with van der Waals surface area (Å²) in [5.41, 5.74) is 2.67. The van der Waals surface area contributed by atoms with Crippen LogP contribution in [0.2, 0.25) is 0 Å². The first-order chi connectivity index (χ1) is 11.7. The van der Waals surface area contributed by atoms with E-state index in [9.17, 15) is 0 Å². The smallest absolute Gasteiger partial charge is 0.191 e. The number of guanidine groups is 1. The number of aryl methyl sites for hydroxylation is 1. The second kappa shape index (κ2) is 9.13. The van der Waals surface area contributed by atoms with Crippen LogP contribution in [-0.2, 0) is 13.0 Å². The molecule has 1 aromatic carbocycles. The van der Waals surface area contributed by atoms with Gasteiger partial charge in [-0.2, -0.15) is 0 Å². The maximum atomic E-state index is 5.54. The molecule has 0 saturated heterocycles. The third-order valence-corrected chi connectivity index (χ3v) is 4.13.